The molecule has 1 heterocycles. The van der Waals surface area contributed by atoms with Gasteiger partial charge < -0.3 is 10.4 Å². The van der Waals surface area contributed by atoms with Crippen molar-refractivity contribution in [2.75, 3.05) is 11.1 Å². The number of nitrogens with zero attached hydrogens (tertiary/aromatic N) is 1. The van der Waals surface area contributed by atoms with E-state index in [1.807, 2.05) is 24.3 Å². The minimum Gasteiger partial charge on any atom is -0.480 e. The lowest BCUT2D eigenvalue weighted by atomic mass is 10.2. The van der Waals surface area contributed by atoms with Crippen LogP contribution >= 0.6 is 23.1 Å². The third-order valence-electron chi connectivity index (χ3n) is 2.60. The highest BCUT2D eigenvalue weighted by Gasteiger charge is 2.18. The van der Waals surface area contributed by atoms with Gasteiger partial charge in [-0.2, -0.15) is 0 Å². The number of aromatic nitrogens is 1. The first-order valence-electron chi connectivity index (χ1n) is 6.04. The number of para-hydroxylation sites is 1. The van der Waals surface area contributed by atoms with Gasteiger partial charge in [0.2, 0.25) is 0 Å². The third kappa shape index (κ3) is 3.94. The zero-order valence-corrected chi connectivity index (χ0v) is 12.5. The van der Waals surface area contributed by atoms with Gasteiger partial charge in [-0.3, -0.25) is 4.79 Å². The van der Waals surface area contributed by atoms with Crippen LogP contribution in [0.25, 0.3) is 10.2 Å². The summed E-state index contributed by atoms with van der Waals surface area (Å²) >= 11 is 2.56. The number of rotatable bonds is 6. The van der Waals surface area contributed by atoms with E-state index in [4.69, 9.17) is 0 Å². The number of thioether (sulfide) groups is 1. The van der Waals surface area contributed by atoms with Gasteiger partial charge in [-0.15, -0.1) is 0 Å². The molecule has 0 radical (unpaired) electrons. The van der Waals surface area contributed by atoms with Crippen molar-refractivity contribution in [2.45, 2.75) is 19.4 Å². The number of thiazole rings is 1. The summed E-state index contributed by atoms with van der Waals surface area (Å²) in [6.07, 6.45) is 0.371. The van der Waals surface area contributed by atoms with E-state index < -0.39 is 12.0 Å². The van der Waals surface area contributed by atoms with Crippen molar-refractivity contribution in [2.24, 2.45) is 0 Å². The number of hydrogen-bond acceptors (Lipinski definition) is 6. The summed E-state index contributed by atoms with van der Waals surface area (Å²) in [6, 6.07) is 6.91. The second kappa shape index (κ2) is 6.71. The van der Waals surface area contributed by atoms with Gasteiger partial charge in [0.15, 0.2) is 10.2 Å². The fourth-order valence-corrected chi connectivity index (χ4v) is 3.22. The summed E-state index contributed by atoms with van der Waals surface area (Å²) < 4.78 is 1.01. The minimum absolute atomic E-state index is 0.00544. The molecule has 106 valence electrons. The fraction of sp³-hybridized carbons (Fsp3) is 0.308. The van der Waals surface area contributed by atoms with Crippen LogP contribution in [0.15, 0.2) is 24.3 Å². The molecule has 1 unspecified atom stereocenters. The molecule has 0 saturated heterocycles. The molecule has 2 aromatic rings. The maximum absolute atomic E-state index is 11.2. The van der Waals surface area contributed by atoms with Gasteiger partial charge >= 0.3 is 5.97 Å². The van der Waals surface area contributed by atoms with Crippen molar-refractivity contribution < 1.29 is 14.7 Å². The average Bonchev–Trinajstić information content (AvgIpc) is 2.79. The van der Waals surface area contributed by atoms with Crippen LogP contribution in [0.2, 0.25) is 0 Å². The predicted molar refractivity (Wildman–Crippen MR) is 82.4 cm³/mol. The molecule has 0 aliphatic rings. The molecule has 1 atom stereocenters. The third-order valence-corrected chi connectivity index (χ3v) is 4.42. The second-order valence-electron chi connectivity index (χ2n) is 4.15. The summed E-state index contributed by atoms with van der Waals surface area (Å²) in [5, 5.41) is 12.7. The predicted octanol–water partition coefficient (Wildman–Crippen LogP) is 2.83. The molecule has 2 N–H and O–H groups in total. The first-order valence-corrected chi connectivity index (χ1v) is 7.85. The van der Waals surface area contributed by atoms with Crippen LogP contribution in [0.3, 0.4) is 0 Å². The molecular formula is C13H14N2O3S2. The van der Waals surface area contributed by atoms with Gasteiger partial charge in [0.05, 0.1) is 10.2 Å². The Labute approximate surface area is 124 Å². The molecule has 2 rings (SSSR count). The Balaban J connectivity index is 2.03. The van der Waals surface area contributed by atoms with E-state index in [0.29, 0.717) is 17.3 Å². The highest BCUT2D eigenvalue weighted by atomic mass is 32.2. The maximum atomic E-state index is 11.2. The Morgan fingerprint density at radius 1 is 1.45 bits per heavy atom. The van der Waals surface area contributed by atoms with Gasteiger partial charge in [0.1, 0.15) is 6.04 Å². The Bertz CT molecular complexity index is 594. The van der Waals surface area contributed by atoms with Crippen molar-refractivity contribution in [1.82, 2.24) is 4.98 Å². The van der Waals surface area contributed by atoms with Crippen molar-refractivity contribution in [3.8, 4) is 0 Å². The summed E-state index contributed by atoms with van der Waals surface area (Å²) in [7, 11) is 0. The number of fused-ring (bicyclic) bond motifs is 1. The number of benzene rings is 1. The molecule has 1 aromatic heterocycles. The van der Waals surface area contributed by atoms with Crippen molar-refractivity contribution in [1.29, 1.82) is 0 Å². The number of hydrogen-bond donors (Lipinski definition) is 2. The van der Waals surface area contributed by atoms with Crippen LogP contribution in [0, 0.1) is 0 Å². The Morgan fingerprint density at radius 3 is 2.85 bits per heavy atom. The van der Waals surface area contributed by atoms with Gasteiger partial charge in [0.25, 0.3) is 0 Å². The molecule has 0 amide bonds. The summed E-state index contributed by atoms with van der Waals surface area (Å²) in [6.45, 7) is 1.47. The summed E-state index contributed by atoms with van der Waals surface area (Å²) in [5.74, 6) is -0.460. The molecule has 0 saturated carbocycles. The van der Waals surface area contributed by atoms with E-state index in [9.17, 15) is 14.7 Å². The number of nitrogens with one attached hydrogen (secondary N) is 1. The number of anilines is 1. The van der Waals surface area contributed by atoms with E-state index in [1.165, 1.54) is 18.3 Å². The highest BCUT2D eigenvalue weighted by molar-refractivity contribution is 8.13. The SMILES string of the molecule is CC(=O)SCCC(Nc1nc2ccccc2s1)C(=O)O. The highest BCUT2D eigenvalue weighted by Crippen LogP contribution is 2.26. The van der Waals surface area contributed by atoms with Crippen molar-refractivity contribution in [3.05, 3.63) is 24.3 Å². The maximum Gasteiger partial charge on any atom is 0.326 e. The lowest BCUT2D eigenvalue weighted by molar-refractivity contribution is -0.138. The fourth-order valence-electron chi connectivity index (χ4n) is 1.66. The summed E-state index contributed by atoms with van der Waals surface area (Å²) in [4.78, 5) is 26.4. The van der Waals surface area contributed by atoms with Crippen LogP contribution < -0.4 is 5.32 Å². The number of carboxylic acid groups (broad SMARTS) is 1. The van der Waals surface area contributed by atoms with Gasteiger partial charge in [0, 0.05) is 12.7 Å². The van der Waals surface area contributed by atoms with Crippen molar-refractivity contribution >= 4 is 49.5 Å². The zero-order chi connectivity index (χ0) is 14.5. The molecule has 7 heteroatoms. The molecule has 0 aliphatic heterocycles. The Kier molecular flexibility index (Phi) is 4.97. The van der Waals surface area contributed by atoms with Crippen LogP contribution in [0.4, 0.5) is 5.13 Å². The topological polar surface area (TPSA) is 79.3 Å². The first-order chi connectivity index (χ1) is 9.56. The second-order valence-corrected chi connectivity index (χ2v) is 6.45. The average molecular weight is 310 g/mol. The number of carbonyl (C=O) groups is 2. The lowest BCUT2D eigenvalue weighted by Gasteiger charge is -2.12. The number of carboxylic acids is 1. The molecule has 0 bridgehead atoms. The largest absolute Gasteiger partial charge is 0.480 e. The minimum atomic E-state index is -0.937. The first kappa shape index (κ1) is 14.8. The molecule has 0 fully saturated rings. The normalized spacial score (nSPS) is 12.2. The van der Waals surface area contributed by atoms with E-state index in [0.717, 1.165) is 22.0 Å². The molecule has 0 aliphatic carbocycles. The molecule has 20 heavy (non-hydrogen) atoms. The molecule has 1 aromatic carbocycles. The summed E-state index contributed by atoms with van der Waals surface area (Å²) in [5.41, 5.74) is 0.849. The van der Waals surface area contributed by atoms with Gasteiger partial charge in [-0.1, -0.05) is 35.2 Å². The smallest absolute Gasteiger partial charge is 0.326 e. The van der Waals surface area contributed by atoms with Gasteiger partial charge in [-0.05, 0) is 18.6 Å². The standard InChI is InChI=1S/C13H14N2O3S2/c1-8(16)19-7-6-10(12(17)18)15-13-14-9-4-2-3-5-11(9)20-13/h2-5,10H,6-7H2,1H3,(H,14,15)(H,17,18). The molecular weight excluding hydrogens is 296 g/mol. The van der Waals surface area contributed by atoms with E-state index in [1.54, 1.807) is 0 Å². The monoisotopic (exact) mass is 310 g/mol. The Morgan fingerprint density at radius 2 is 2.20 bits per heavy atom. The Hall–Kier alpha value is -1.60. The van der Waals surface area contributed by atoms with Crippen LogP contribution in [-0.2, 0) is 9.59 Å². The van der Waals surface area contributed by atoms with E-state index >= 15 is 0 Å². The van der Waals surface area contributed by atoms with E-state index in [-0.39, 0.29) is 5.12 Å². The van der Waals surface area contributed by atoms with Crippen LogP contribution in [0.1, 0.15) is 13.3 Å². The lowest BCUT2D eigenvalue weighted by Crippen LogP contribution is -2.29. The van der Waals surface area contributed by atoms with Crippen molar-refractivity contribution in [3.63, 3.8) is 0 Å². The van der Waals surface area contributed by atoms with E-state index in [2.05, 4.69) is 10.3 Å². The van der Waals surface area contributed by atoms with Gasteiger partial charge in [-0.25, -0.2) is 9.78 Å². The molecule has 0 spiro atoms. The molecule has 5 nitrogen and oxygen atoms in total. The quantitative estimate of drug-likeness (QED) is 0.854. The van der Waals surface area contributed by atoms with Crippen LogP contribution in [0.5, 0.6) is 0 Å². The zero-order valence-electron chi connectivity index (χ0n) is 10.8. The number of carbonyl (C=O) groups excluding carboxylic acids is 1. The number of aliphatic carboxylic acids is 1. The van der Waals surface area contributed by atoms with Crippen LogP contribution in [-0.4, -0.2) is 33.0 Å².